The summed E-state index contributed by atoms with van der Waals surface area (Å²) >= 11 is 3.46. The lowest BCUT2D eigenvalue weighted by Gasteiger charge is -2.33. The fourth-order valence-electron chi connectivity index (χ4n) is 2.46. The van der Waals surface area contributed by atoms with Crippen LogP contribution in [0.3, 0.4) is 0 Å². The molecule has 3 unspecified atom stereocenters. The van der Waals surface area contributed by atoms with E-state index in [1.807, 2.05) is 0 Å². The molecule has 0 bridgehead atoms. The lowest BCUT2D eigenvalue weighted by molar-refractivity contribution is 0.261. The summed E-state index contributed by atoms with van der Waals surface area (Å²) in [6.07, 6.45) is 3.97. The van der Waals surface area contributed by atoms with Gasteiger partial charge in [-0.3, -0.25) is 0 Å². The maximum Gasteiger partial charge on any atom is 0.0343 e. The molecule has 0 heterocycles. The first-order chi connectivity index (χ1) is 7.65. The second-order valence-electron chi connectivity index (χ2n) is 5.12. The molecule has 0 radical (unpaired) electrons. The van der Waals surface area contributed by atoms with Crippen LogP contribution in [-0.2, 0) is 0 Å². The van der Waals surface area contributed by atoms with Crippen LogP contribution in [0.15, 0.2) is 28.7 Å². The lowest BCUT2D eigenvalue weighted by atomic mass is 9.79. The lowest BCUT2D eigenvalue weighted by Crippen LogP contribution is -2.30. The fourth-order valence-corrected chi connectivity index (χ4v) is 2.72. The maximum absolute atomic E-state index is 3.64. The Morgan fingerprint density at radius 2 is 1.75 bits per heavy atom. The van der Waals surface area contributed by atoms with E-state index in [4.69, 9.17) is 0 Å². The van der Waals surface area contributed by atoms with Crippen LogP contribution in [0, 0.1) is 11.8 Å². The van der Waals surface area contributed by atoms with Gasteiger partial charge in [-0.25, -0.2) is 0 Å². The standard InChI is InChI=1S/C14H20BrN/c1-10-3-6-14(9-11(10)2)16-13-7-4-12(15)5-8-13/h4-5,7-8,10-11,14,16H,3,6,9H2,1-2H3. The molecular weight excluding hydrogens is 262 g/mol. The Hall–Kier alpha value is -0.500. The van der Waals surface area contributed by atoms with Gasteiger partial charge < -0.3 is 5.32 Å². The number of hydrogen-bond donors (Lipinski definition) is 1. The largest absolute Gasteiger partial charge is 0.382 e. The fraction of sp³-hybridized carbons (Fsp3) is 0.571. The quantitative estimate of drug-likeness (QED) is 0.830. The molecule has 0 spiro atoms. The average Bonchev–Trinajstić information content (AvgIpc) is 2.27. The smallest absolute Gasteiger partial charge is 0.0343 e. The third-order valence-corrected chi connectivity index (χ3v) is 4.34. The molecule has 0 aliphatic heterocycles. The minimum absolute atomic E-state index is 0.660. The summed E-state index contributed by atoms with van der Waals surface area (Å²) in [5.41, 5.74) is 1.25. The number of benzene rings is 1. The van der Waals surface area contributed by atoms with Crippen molar-refractivity contribution >= 4 is 21.6 Å². The molecule has 1 N–H and O–H groups in total. The van der Waals surface area contributed by atoms with Gasteiger partial charge in [-0.2, -0.15) is 0 Å². The minimum Gasteiger partial charge on any atom is -0.382 e. The Balaban J connectivity index is 1.93. The highest BCUT2D eigenvalue weighted by atomic mass is 79.9. The first-order valence-electron chi connectivity index (χ1n) is 6.17. The van der Waals surface area contributed by atoms with E-state index in [0.717, 1.165) is 16.3 Å². The highest BCUT2D eigenvalue weighted by molar-refractivity contribution is 9.10. The van der Waals surface area contributed by atoms with E-state index in [2.05, 4.69) is 59.4 Å². The van der Waals surface area contributed by atoms with E-state index < -0.39 is 0 Å². The van der Waals surface area contributed by atoms with Gasteiger partial charge in [-0.1, -0.05) is 29.8 Å². The van der Waals surface area contributed by atoms with Crippen molar-refractivity contribution in [2.45, 2.75) is 39.2 Å². The molecule has 1 aromatic rings. The van der Waals surface area contributed by atoms with E-state index in [1.165, 1.54) is 24.9 Å². The first kappa shape index (κ1) is 12.0. The van der Waals surface area contributed by atoms with Crippen molar-refractivity contribution in [1.82, 2.24) is 0 Å². The summed E-state index contributed by atoms with van der Waals surface area (Å²) in [5.74, 6) is 1.74. The van der Waals surface area contributed by atoms with Crippen LogP contribution in [0.4, 0.5) is 5.69 Å². The number of halogens is 1. The molecule has 0 amide bonds. The SMILES string of the molecule is CC1CCC(Nc2ccc(Br)cc2)CC1C. The summed E-state index contributed by atoms with van der Waals surface area (Å²) in [7, 11) is 0. The van der Waals surface area contributed by atoms with Crippen LogP contribution in [-0.4, -0.2) is 6.04 Å². The topological polar surface area (TPSA) is 12.0 Å². The normalized spacial score (nSPS) is 30.1. The number of anilines is 1. The van der Waals surface area contributed by atoms with Crippen molar-refractivity contribution in [3.8, 4) is 0 Å². The molecule has 0 saturated heterocycles. The Kier molecular flexibility index (Phi) is 3.91. The van der Waals surface area contributed by atoms with Gasteiger partial charge in [-0.15, -0.1) is 0 Å². The van der Waals surface area contributed by atoms with Crippen molar-refractivity contribution in [2.75, 3.05) is 5.32 Å². The van der Waals surface area contributed by atoms with E-state index >= 15 is 0 Å². The van der Waals surface area contributed by atoms with Crippen molar-refractivity contribution in [2.24, 2.45) is 11.8 Å². The summed E-state index contributed by atoms with van der Waals surface area (Å²) in [6, 6.07) is 9.14. The Morgan fingerprint density at radius 1 is 1.06 bits per heavy atom. The molecule has 0 aromatic heterocycles. The van der Waals surface area contributed by atoms with Crippen LogP contribution >= 0.6 is 15.9 Å². The van der Waals surface area contributed by atoms with Gasteiger partial charge in [-0.05, 0) is 55.4 Å². The summed E-state index contributed by atoms with van der Waals surface area (Å²) in [4.78, 5) is 0. The molecule has 2 rings (SSSR count). The van der Waals surface area contributed by atoms with Crippen molar-refractivity contribution in [1.29, 1.82) is 0 Å². The van der Waals surface area contributed by atoms with E-state index in [9.17, 15) is 0 Å². The summed E-state index contributed by atoms with van der Waals surface area (Å²) < 4.78 is 1.14. The van der Waals surface area contributed by atoms with Crippen LogP contribution in [0.25, 0.3) is 0 Å². The molecule has 88 valence electrons. The Labute approximate surface area is 107 Å². The molecule has 1 aliphatic carbocycles. The van der Waals surface area contributed by atoms with Gasteiger partial charge in [0.1, 0.15) is 0 Å². The zero-order chi connectivity index (χ0) is 11.5. The third kappa shape index (κ3) is 3.00. The molecule has 2 heteroatoms. The highest BCUT2D eigenvalue weighted by Gasteiger charge is 2.24. The second kappa shape index (κ2) is 5.22. The Bertz CT molecular complexity index is 333. The predicted molar refractivity (Wildman–Crippen MR) is 73.7 cm³/mol. The van der Waals surface area contributed by atoms with E-state index in [-0.39, 0.29) is 0 Å². The predicted octanol–water partition coefficient (Wildman–Crippen LogP) is 4.69. The van der Waals surface area contributed by atoms with Crippen LogP contribution < -0.4 is 5.32 Å². The van der Waals surface area contributed by atoms with E-state index in [1.54, 1.807) is 0 Å². The van der Waals surface area contributed by atoms with Crippen LogP contribution in [0.2, 0.25) is 0 Å². The maximum atomic E-state index is 3.64. The molecule has 1 aromatic carbocycles. The Morgan fingerprint density at radius 3 is 2.38 bits per heavy atom. The molecule has 1 saturated carbocycles. The van der Waals surface area contributed by atoms with E-state index in [0.29, 0.717) is 6.04 Å². The van der Waals surface area contributed by atoms with Crippen LogP contribution in [0.5, 0.6) is 0 Å². The van der Waals surface area contributed by atoms with Crippen molar-refractivity contribution in [3.63, 3.8) is 0 Å². The zero-order valence-electron chi connectivity index (χ0n) is 10.0. The van der Waals surface area contributed by atoms with Gasteiger partial charge in [0.2, 0.25) is 0 Å². The second-order valence-corrected chi connectivity index (χ2v) is 6.03. The highest BCUT2D eigenvalue weighted by Crippen LogP contribution is 2.31. The van der Waals surface area contributed by atoms with Crippen molar-refractivity contribution < 1.29 is 0 Å². The van der Waals surface area contributed by atoms with Crippen molar-refractivity contribution in [3.05, 3.63) is 28.7 Å². The molecule has 3 atom stereocenters. The van der Waals surface area contributed by atoms with Gasteiger partial charge in [0.05, 0.1) is 0 Å². The summed E-state index contributed by atoms with van der Waals surface area (Å²) in [6.45, 7) is 4.75. The number of hydrogen-bond acceptors (Lipinski definition) is 1. The summed E-state index contributed by atoms with van der Waals surface area (Å²) in [5, 5.41) is 3.64. The number of rotatable bonds is 2. The minimum atomic E-state index is 0.660. The molecule has 1 nitrogen and oxygen atoms in total. The monoisotopic (exact) mass is 281 g/mol. The van der Waals surface area contributed by atoms with Gasteiger partial charge >= 0.3 is 0 Å². The number of nitrogens with one attached hydrogen (secondary N) is 1. The molecule has 1 aliphatic rings. The van der Waals surface area contributed by atoms with Crippen LogP contribution in [0.1, 0.15) is 33.1 Å². The molecular formula is C14H20BrN. The van der Waals surface area contributed by atoms with Gasteiger partial charge in [0.25, 0.3) is 0 Å². The zero-order valence-corrected chi connectivity index (χ0v) is 11.6. The molecule has 1 fully saturated rings. The molecule has 16 heavy (non-hydrogen) atoms. The first-order valence-corrected chi connectivity index (χ1v) is 6.96. The van der Waals surface area contributed by atoms with Gasteiger partial charge in [0, 0.05) is 16.2 Å². The average molecular weight is 282 g/mol. The third-order valence-electron chi connectivity index (χ3n) is 3.81. The van der Waals surface area contributed by atoms with Gasteiger partial charge in [0.15, 0.2) is 0 Å².